The van der Waals surface area contributed by atoms with E-state index in [0.717, 1.165) is 0 Å². The SMILES string of the molecule is COc1cc(C(=O)O)c(N)cn1. The zero-order chi connectivity index (χ0) is 9.14. The fourth-order valence-electron chi connectivity index (χ4n) is 0.744. The van der Waals surface area contributed by atoms with Crippen LogP contribution in [0, 0.1) is 0 Å². The third-order valence-electron chi connectivity index (χ3n) is 1.35. The van der Waals surface area contributed by atoms with Crippen molar-refractivity contribution < 1.29 is 14.6 Å². The van der Waals surface area contributed by atoms with Gasteiger partial charge in [0.2, 0.25) is 5.88 Å². The number of hydrogen-bond acceptors (Lipinski definition) is 4. The molecular formula is C7H8N2O3. The van der Waals surface area contributed by atoms with E-state index < -0.39 is 5.97 Å². The standard InChI is InChI=1S/C7H8N2O3/c1-12-6-2-4(7(10)11)5(8)3-9-6/h2-3H,8H2,1H3,(H,10,11). The molecule has 1 aromatic rings. The maximum atomic E-state index is 10.5. The molecule has 0 saturated carbocycles. The van der Waals surface area contributed by atoms with Gasteiger partial charge in [-0.3, -0.25) is 0 Å². The summed E-state index contributed by atoms with van der Waals surface area (Å²) in [5, 5.41) is 8.62. The molecular weight excluding hydrogens is 160 g/mol. The lowest BCUT2D eigenvalue weighted by Gasteiger charge is -2.02. The number of nitrogens with zero attached hydrogens (tertiary/aromatic N) is 1. The molecule has 64 valence electrons. The highest BCUT2D eigenvalue weighted by Crippen LogP contribution is 2.15. The van der Waals surface area contributed by atoms with Gasteiger partial charge in [-0.25, -0.2) is 9.78 Å². The number of pyridine rings is 1. The van der Waals surface area contributed by atoms with E-state index in [9.17, 15) is 4.79 Å². The Morgan fingerprint density at radius 3 is 2.92 bits per heavy atom. The number of aromatic carboxylic acids is 1. The second kappa shape index (κ2) is 3.08. The van der Waals surface area contributed by atoms with Crippen LogP contribution in [0.15, 0.2) is 12.3 Å². The number of nitrogens with two attached hydrogens (primary N) is 1. The number of carboxylic acid groups (broad SMARTS) is 1. The van der Waals surface area contributed by atoms with Gasteiger partial charge in [0.05, 0.1) is 24.6 Å². The van der Waals surface area contributed by atoms with Gasteiger partial charge in [0.1, 0.15) is 0 Å². The molecule has 12 heavy (non-hydrogen) atoms. The fraction of sp³-hybridized carbons (Fsp3) is 0.143. The summed E-state index contributed by atoms with van der Waals surface area (Å²) in [5.41, 5.74) is 5.48. The van der Waals surface area contributed by atoms with Gasteiger partial charge in [-0.1, -0.05) is 0 Å². The highest BCUT2D eigenvalue weighted by Gasteiger charge is 2.09. The molecule has 1 rings (SSSR count). The zero-order valence-electron chi connectivity index (χ0n) is 6.44. The van der Waals surface area contributed by atoms with Crippen LogP contribution in [-0.4, -0.2) is 23.2 Å². The minimum Gasteiger partial charge on any atom is -0.481 e. The van der Waals surface area contributed by atoms with Gasteiger partial charge in [-0.2, -0.15) is 0 Å². The largest absolute Gasteiger partial charge is 0.481 e. The fourth-order valence-corrected chi connectivity index (χ4v) is 0.744. The number of carboxylic acids is 1. The Kier molecular flexibility index (Phi) is 2.14. The number of aromatic nitrogens is 1. The molecule has 0 unspecified atom stereocenters. The molecule has 5 nitrogen and oxygen atoms in total. The molecule has 1 heterocycles. The number of methoxy groups -OCH3 is 1. The topological polar surface area (TPSA) is 85.4 Å². The van der Waals surface area contributed by atoms with Crippen LogP contribution in [0.25, 0.3) is 0 Å². The monoisotopic (exact) mass is 168 g/mol. The Labute approximate surface area is 68.8 Å². The van der Waals surface area contributed by atoms with E-state index >= 15 is 0 Å². The van der Waals surface area contributed by atoms with E-state index in [1.165, 1.54) is 19.4 Å². The van der Waals surface area contributed by atoms with Gasteiger partial charge < -0.3 is 15.6 Å². The summed E-state index contributed by atoms with van der Waals surface area (Å²) in [6.07, 6.45) is 1.25. The zero-order valence-corrected chi connectivity index (χ0v) is 6.44. The second-order valence-corrected chi connectivity index (χ2v) is 2.12. The molecule has 0 aliphatic rings. The first-order chi connectivity index (χ1) is 5.65. The van der Waals surface area contributed by atoms with E-state index in [1.54, 1.807) is 0 Å². The van der Waals surface area contributed by atoms with Crippen molar-refractivity contribution >= 4 is 11.7 Å². The molecule has 0 bridgehead atoms. The third-order valence-corrected chi connectivity index (χ3v) is 1.35. The van der Waals surface area contributed by atoms with Crippen LogP contribution in [0.4, 0.5) is 5.69 Å². The number of nitrogen functional groups attached to an aromatic ring is 1. The van der Waals surface area contributed by atoms with Crippen molar-refractivity contribution in [1.82, 2.24) is 4.98 Å². The van der Waals surface area contributed by atoms with Crippen molar-refractivity contribution in [3.8, 4) is 5.88 Å². The molecule has 3 N–H and O–H groups in total. The molecule has 5 heteroatoms. The second-order valence-electron chi connectivity index (χ2n) is 2.12. The molecule has 0 saturated heterocycles. The van der Waals surface area contributed by atoms with Crippen molar-refractivity contribution in [2.45, 2.75) is 0 Å². The number of carbonyl (C=O) groups is 1. The summed E-state index contributed by atoms with van der Waals surface area (Å²) in [6.45, 7) is 0. The van der Waals surface area contributed by atoms with Gasteiger partial charge in [-0.15, -0.1) is 0 Å². The molecule has 1 aromatic heterocycles. The Morgan fingerprint density at radius 2 is 2.42 bits per heavy atom. The molecule has 0 aliphatic carbocycles. The first-order valence-electron chi connectivity index (χ1n) is 3.18. The minimum atomic E-state index is -1.09. The lowest BCUT2D eigenvalue weighted by molar-refractivity contribution is 0.0697. The van der Waals surface area contributed by atoms with Crippen molar-refractivity contribution in [2.75, 3.05) is 12.8 Å². The van der Waals surface area contributed by atoms with Gasteiger partial charge in [0.15, 0.2) is 0 Å². The third kappa shape index (κ3) is 1.45. The maximum Gasteiger partial charge on any atom is 0.338 e. The summed E-state index contributed by atoms with van der Waals surface area (Å²) < 4.78 is 4.73. The van der Waals surface area contributed by atoms with E-state index in [2.05, 4.69) is 4.98 Å². The average Bonchev–Trinajstić information content (AvgIpc) is 2.05. The summed E-state index contributed by atoms with van der Waals surface area (Å²) in [5.74, 6) is -0.852. The van der Waals surface area contributed by atoms with Crippen LogP contribution in [0.2, 0.25) is 0 Å². The van der Waals surface area contributed by atoms with Crippen LogP contribution in [0.1, 0.15) is 10.4 Å². The van der Waals surface area contributed by atoms with Gasteiger partial charge >= 0.3 is 5.97 Å². The molecule has 0 atom stereocenters. The Bertz CT molecular complexity index is 312. The van der Waals surface area contributed by atoms with Crippen molar-refractivity contribution in [2.24, 2.45) is 0 Å². The molecule has 0 aromatic carbocycles. The smallest absolute Gasteiger partial charge is 0.338 e. The number of hydrogen-bond donors (Lipinski definition) is 2. The molecule has 0 radical (unpaired) electrons. The van der Waals surface area contributed by atoms with E-state index in [4.69, 9.17) is 15.6 Å². The number of anilines is 1. The highest BCUT2D eigenvalue weighted by molar-refractivity contribution is 5.93. The summed E-state index contributed by atoms with van der Waals surface area (Å²) in [7, 11) is 1.41. The van der Waals surface area contributed by atoms with Crippen LogP contribution < -0.4 is 10.5 Å². The van der Waals surface area contributed by atoms with Gasteiger partial charge in [0, 0.05) is 6.07 Å². The van der Waals surface area contributed by atoms with Crippen LogP contribution in [0.5, 0.6) is 5.88 Å². The lowest BCUT2D eigenvalue weighted by atomic mass is 10.2. The summed E-state index contributed by atoms with van der Waals surface area (Å²) in [4.78, 5) is 14.3. The highest BCUT2D eigenvalue weighted by atomic mass is 16.5. The minimum absolute atomic E-state index is 0.00171. The number of rotatable bonds is 2. The summed E-state index contributed by atoms with van der Waals surface area (Å²) >= 11 is 0. The van der Waals surface area contributed by atoms with E-state index in [0.29, 0.717) is 0 Å². The van der Waals surface area contributed by atoms with E-state index in [-0.39, 0.29) is 17.1 Å². The number of ether oxygens (including phenoxy) is 1. The Balaban J connectivity index is 3.17. The molecule has 0 fully saturated rings. The lowest BCUT2D eigenvalue weighted by Crippen LogP contribution is -2.03. The van der Waals surface area contributed by atoms with Gasteiger partial charge in [0.25, 0.3) is 0 Å². The normalized spacial score (nSPS) is 9.42. The Morgan fingerprint density at radius 1 is 1.75 bits per heavy atom. The first kappa shape index (κ1) is 8.32. The predicted molar refractivity (Wildman–Crippen MR) is 42.2 cm³/mol. The van der Waals surface area contributed by atoms with Crippen molar-refractivity contribution in [3.63, 3.8) is 0 Å². The maximum absolute atomic E-state index is 10.5. The van der Waals surface area contributed by atoms with Crippen molar-refractivity contribution in [3.05, 3.63) is 17.8 Å². The average molecular weight is 168 g/mol. The molecule has 0 spiro atoms. The van der Waals surface area contributed by atoms with Gasteiger partial charge in [-0.05, 0) is 0 Å². The van der Waals surface area contributed by atoms with Crippen LogP contribution >= 0.6 is 0 Å². The van der Waals surface area contributed by atoms with Crippen LogP contribution in [-0.2, 0) is 0 Å². The molecule has 0 aliphatic heterocycles. The molecule has 0 amide bonds. The summed E-state index contributed by atoms with van der Waals surface area (Å²) in [6, 6.07) is 1.28. The Hall–Kier alpha value is -1.78. The quantitative estimate of drug-likeness (QED) is 0.666. The predicted octanol–water partition coefficient (Wildman–Crippen LogP) is 0.371. The van der Waals surface area contributed by atoms with Crippen LogP contribution in [0.3, 0.4) is 0 Å². The first-order valence-corrected chi connectivity index (χ1v) is 3.18. The van der Waals surface area contributed by atoms with E-state index in [1.807, 2.05) is 0 Å². The van der Waals surface area contributed by atoms with Crippen molar-refractivity contribution in [1.29, 1.82) is 0 Å².